The van der Waals surface area contributed by atoms with Crippen molar-refractivity contribution in [2.45, 2.75) is 19.8 Å². The molecule has 0 amide bonds. The maximum absolute atomic E-state index is 4.32. The third kappa shape index (κ3) is 4.05. The number of thiazole rings is 1. The molecule has 1 N–H and O–H groups in total. The predicted octanol–water partition coefficient (Wildman–Crippen LogP) is 2.38. The third-order valence-electron chi connectivity index (χ3n) is 4.29. The molecule has 2 aliphatic rings. The molecule has 2 atom stereocenters. The van der Waals surface area contributed by atoms with Crippen LogP contribution in [0.1, 0.15) is 17.0 Å². The van der Waals surface area contributed by atoms with Crippen LogP contribution in [0.3, 0.4) is 0 Å². The van der Waals surface area contributed by atoms with Gasteiger partial charge in [-0.05, 0) is 51.2 Å². The van der Waals surface area contributed by atoms with Crippen LogP contribution in [0, 0.1) is 18.8 Å². The molecule has 1 aromatic rings. The minimum absolute atomic E-state index is 0. The van der Waals surface area contributed by atoms with Crippen molar-refractivity contribution in [3.63, 3.8) is 0 Å². The lowest BCUT2D eigenvalue weighted by Crippen LogP contribution is -2.40. The second kappa shape index (κ2) is 7.79. The molecule has 0 saturated carbocycles. The fourth-order valence-electron chi connectivity index (χ4n) is 3.14. The number of nitrogens with one attached hydrogen (secondary N) is 1. The molecule has 0 bridgehead atoms. The standard InChI is InChI=1S/C13H21N3S.2ClH/c1-10-13(17-9-15-10)3-5-16-4-2-11-6-14-7-12(11)8-16;;/h9,11-12,14H,2-8H2,1H3;2*1H. The Morgan fingerprint density at radius 3 is 2.89 bits per heavy atom. The smallest absolute Gasteiger partial charge is 0.0797 e. The predicted molar refractivity (Wildman–Crippen MR) is 86.0 cm³/mol. The maximum atomic E-state index is 4.32. The quantitative estimate of drug-likeness (QED) is 0.925. The van der Waals surface area contributed by atoms with Crippen LogP contribution in [0.25, 0.3) is 0 Å². The van der Waals surface area contributed by atoms with E-state index in [-0.39, 0.29) is 24.8 Å². The number of aromatic nitrogens is 1. The van der Waals surface area contributed by atoms with Gasteiger partial charge in [0.25, 0.3) is 0 Å². The van der Waals surface area contributed by atoms with Gasteiger partial charge in [-0.1, -0.05) is 0 Å². The van der Waals surface area contributed by atoms with Gasteiger partial charge < -0.3 is 10.2 Å². The van der Waals surface area contributed by atoms with E-state index in [0.717, 1.165) is 11.8 Å². The fourth-order valence-corrected chi connectivity index (χ4v) is 3.91. The molecule has 0 spiro atoms. The Labute approximate surface area is 132 Å². The van der Waals surface area contributed by atoms with Gasteiger partial charge in [-0.15, -0.1) is 36.2 Å². The van der Waals surface area contributed by atoms with Gasteiger partial charge in [0.2, 0.25) is 0 Å². The summed E-state index contributed by atoms with van der Waals surface area (Å²) >= 11 is 1.81. The first kappa shape index (κ1) is 17.2. The number of hydrogen-bond donors (Lipinski definition) is 1. The summed E-state index contributed by atoms with van der Waals surface area (Å²) in [4.78, 5) is 8.44. The number of halogens is 2. The summed E-state index contributed by atoms with van der Waals surface area (Å²) < 4.78 is 0. The molecule has 3 heterocycles. The molecule has 0 aromatic carbocycles. The second-order valence-electron chi connectivity index (χ2n) is 5.38. The van der Waals surface area contributed by atoms with Crippen molar-refractivity contribution in [2.75, 3.05) is 32.7 Å². The molecule has 2 unspecified atom stereocenters. The topological polar surface area (TPSA) is 28.2 Å². The van der Waals surface area contributed by atoms with Gasteiger partial charge in [0.1, 0.15) is 0 Å². The lowest BCUT2D eigenvalue weighted by molar-refractivity contribution is 0.150. The molecule has 3 rings (SSSR count). The molecule has 3 nitrogen and oxygen atoms in total. The highest BCUT2D eigenvalue weighted by Gasteiger charge is 2.32. The van der Waals surface area contributed by atoms with Gasteiger partial charge in [0.15, 0.2) is 0 Å². The SMILES string of the molecule is Cc1ncsc1CCN1CCC2CNCC2C1.Cl.Cl. The van der Waals surface area contributed by atoms with Crippen molar-refractivity contribution >= 4 is 36.2 Å². The lowest BCUT2D eigenvalue weighted by Gasteiger charge is -2.34. The number of nitrogens with zero attached hydrogens (tertiary/aromatic N) is 2. The van der Waals surface area contributed by atoms with Gasteiger partial charge in [-0.3, -0.25) is 0 Å². The van der Waals surface area contributed by atoms with Crippen molar-refractivity contribution < 1.29 is 0 Å². The van der Waals surface area contributed by atoms with E-state index in [0.29, 0.717) is 0 Å². The van der Waals surface area contributed by atoms with Gasteiger partial charge >= 0.3 is 0 Å². The zero-order valence-corrected chi connectivity index (χ0v) is 13.8. The second-order valence-corrected chi connectivity index (χ2v) is 6.32. The highest BCUT2D eigenvalue weighted by atomic mass is 35.5. The fraction of sp³-hybridized carbons (Fsp3) is 0.769. The van der Waals surface area contributed by atoms with Crippen LogP contribution in [0.5, 0.6) is 0 Å². The van der Waals surface area contributed by atoms with E-state index in [4.69, 9.17) is 0 Å². The van der Waals surface area contributed by atoms with Crippen LogP contribution in [-0.4, -0.2) is 42.6 Å². The molecular formula is C13H23Cl2N3S. The highest BCUT2D eigenvalue weighted by Crippen LogP contribution is 2.26. The van der Waals surface area contributed by atoms with Gasteiger partial charge in [0.05, 0.1) is 11.2 Å². The Bertz CT molecular complexity index is 386. The Morgan fingerprint density at radius 2 is 2.16 bits per heavy atom. The summed E-state index contributed by atoms with van der Waals surface area (Å²) in [6.07, 6.45) is 2.57. The minimum Gasteiger partial charge on any atom is -0.316 e. The number of likely N-dealkylation sites (tertiary alicyclic amines) is 1. The van der Waals surface area contributed by atoms with Crippen molar-refractivity contribution in [2.24, 2.45) is 11.8 Å². The summed E-state index contributed by atoms with van der Waals surface area (Å²) in [6, 6.07) is 0. The maximum Gasteiger partial charge on any atom is 0.0797 e. The normalized spacial score (nSPS) is 26.4. The number of aryl methyl sites for hydroxylation is 1. The first-order chi connectivity index (χ1) is 8.33. The van der Waals surface area contributed by atoms with E-state index in [9.17, 15) is 0 Å². The Morgan fingerprint density at radius 1 is 1.37 bits per heavy atom. The molecule has 19 heavy (non-hydrogen) atoms. The number of rotatable bonds is 3. The van der Waals surface area contributed by atoms with Crippen LogP contribution in [-0.2, 0) is 6.42 Å². The molecule has 0 aliphatic carbocycles. The Balaban J connectivity index is 0.000000902. The van der Waals surface area contributed by atoms with E-state index in [1.165, 1.54) is 56.1 Å². The molecule has 1 aromatic heterocycles. The first-order valence-electron chi connectivity index (χ1n) is 6.65. The van der Waals surface area contributed by atoms with Crippen molar-refractivity contribution in [1.29, 1.82) is 0 Å². The first-order valence-corrected chi connectivity index (χ1v) is 7.53. The van der Waals surface area contributed by atoms with Crippen molar-refractivity contribution in [3.05, 3.63) is 16.1 Å². The molecular weight excluding hydrogens is 301 g/mol. The number of piperidine rings is 1. The Hall–Kier alpha value is 0.130. The lowest BCUT2D eigenvalue weighted by atomic mass is 9.88. The summed E-state index contributed by atoms with van der Waals surface area (Å²) in [6.45, 7) is 8.43. The largest absolute Gasteiger partial charge is 0.316 e. The van der Waals surface area contributed by atoms with Gasteiger partial charge in [-0.25, -0.2) is 4.98 Å². The molecule has 2 aliphatic heterocycles. The summed E-state index contributed by atoms with van der Waals surface area (Å²) in [5, 5.41) is 3.53. The van der Waals surface area contributed by atoms with Crippen molar-refractivity contribution in [3.8, 4) is 0 Å². The van der Waals surface area contributed by atoms with E-state index < -0.39 is 0 Å². The zero-order valence-electron chi connectivity index (χ0n) is 11.3. The third-order valence-corrected chi connectivity index (χ3v) is 5.28. The Kier molecular flexibility index (Phi) is 7.05. The monoisotopic (exact) mass is 323 g/mol. The average molecular weight is 324 g/mol. The molecule has 110 valence electrons. The highest BCUT2D eigenvalue weighted by molar-refractivity contribution is 7.09. The van der Waals surface area contributed by atoms with Crippen LogP contribution >= 0.6 is 36.2 Å². The number of fused-ring (bicyclic) bond motifs is 1. The van der Waals surface area contributed by atoms with Gasteiger partial charge in [-0.2, -0.15) is 0 Å². The van der Waals surface area contributed by atoms with Gasteiger partial charge in [0, 0.05) is 18.0 Å². The summed E-state index contributed by atoms with van der Waals surface area (Å²) in [5.41, 5.74) is 3.20. The molecule has 2 saturated heterocycles. The van der Waals surface area contributed by atoms with E-state index in [2.05, 4.69) is 22.1 Å². The summed E-state index contributed by atoms with van der Waals surface area (Å²) in [5.74, 6) is 1.86. The van der Waals surface area contributed by atoms with Crippen LogP contribution in [0.2, 0.25) is 0 Å². The summed E-state index contributed by atoms with van der Waals surface area (Å²) in [7, 11) is 0. The van der Waals surface area contributed by atoms with E-state index in [1.54, 1.807) is 0 Å². The minimum atomic E-state index is 0. The van der Waals surface area contributed by atoms with Crippen LogP contribution in [0.15, 0.2) is 5.51 Å². The molecule has 2 fully saturated rings. The number of hydrogen-bond acceptors (Lipinski definition) is 4. The molecule has 0 radical (unpaired) electrons. The van der Waals surface area contributed by atoms with Crippen LogP contribution < -0.4 is 5.32 Å². The molecule has 6 heteroatoms. The average Bonchev–Trinajstić information content (AvgIpc) is 2.94. The van der Waals surface area contributed by atoms with E-state index in [1.807, 2.05) is 16.8 Å². The van der Waals surface area contributed by atoms with E-state index >= 15 is 0 Å². The zero-order chi connectivity index (χ0) is 11.7. The van der Waals surface area contributed by atoms with Crippen molar-refractivity contribution in [1.82, 2.24) is 15.2 Å². The van der Waals surface area contributed by atoms with Crippen LogP contribution in [0.4, 0.5) is 0 Å².